The average Bonchev–Trinajstić information content (AvgIpc) is 2.97. The first-order chi connectivity index (χ1) is 13.7. The third-order valence-electron chi connectivity index (χ3n) is 4.82. The summed E-state index contributed by atoms with van der Waals surface area (Å²) >= 11 is 1.59. The van der Waals surface area contributed by atoms with E-state index in [0.717, 1.165) is 43.0 Å². The predicted octanol–water partition coefficient (Wildman–Crippen LogP) is 6.00. The lowest BCUT2D eigenvalue weighted by Crippen LogP contribution is -2.13. The van der Waals surface area contributed by atoms with E-state index in [1.807, 2.05) is 26.0 Å². The second kappa shape index (κ2) is 7.28. The summed E-state index contributed by atoms with van der Waals surface area (Å²) in [6.45, 7) is 7.87. The number of nitrogens with one attached hydrogen (secondary N) is 1. The minimum Gasteiger partial charge on any atom is -0.279 e. The van der Waals surface area contributed by atoms with E-state index in [2.05, 4.69) is 41.8 Å². The van der Waals surface area contributed by atoms with Gasteiger partial charge in [0.25, 0.3) is 10.0 Å². The van der Waals surface area contributed by atoms with Gasteiger partial charge in [-0.1, -0.05) is 42.0 Å². The maximum absolute atomic E-state index is 13.1. The fourth-order valence-electron chi connectivity index (χ4n) is 3.55. The van der Waals surface area contributed by atoms with E-state index in [1.165, 1.54) is 0 Å². The summed E-state index contributed by atoms with van der Waals surface area (Å²) in [5.41, 5.74) is 5.49. The van der Waals surface area contributed by atoms with Crippen molar-refractivity contribution < 1.29 is 8.42 Å². The summed E-state index contributed by atoms with van der Waals surface area (Å²) in [5.74, 6) is 0. The Morgan fingerprint density at radius 2 is 1.59 bits per heavy atom. The van der Waals surface area contributed by atoms with Gasteiger partial charge < -0.3 is 0 Å². The molecular formula is C23H22N2O2S2. The highest BCUT2D eigenvalue weighted by molar-refractivity contribution is 7.92. The molecule has 0 fully saturated rings. The predicted molar refractivity (Wildman–Crippen MR) is 121 cm³/mol. The molecule has 0 aliphatic rings. The van der Waals surface area contributed by atoms with Crippen LogP contribution < -0.4 is 4.72 Å². The second-order valence-electron chi connectivity index (χ2n) is 7.32. The smallest absolute Gasteiger partial charge is 0.261 e. The number of thiophene rings is 1. The van der Waals surface area contributed by atoms with E-state index in [4.69, 9.17) is 0 Å². The lowest BCUT2D eigenvalue weighted by molar-refractivity contribution is 0.601. The van der Waals surface area contributed by atoms with E-state index >= 15 is 0 Å². The van der Waals surface area contributed by atoms with Crippen molar-refractivity contribution in [3.8, 4) is 11.1 Å². The third-order valence-corrected chi connectivity index (χ3v) is 7.18. The van der Waals surface area contributed by atoms with Crippen LogP contribution in [-0.4, -0.2) is 13.4 Å². The number of fused-ring (bicyclic) bond motifs is 1. The van der Waals surface area contributed by atoms with Crippen LogP contribution in [0.1, 0.15) is 21.7 Å². The highest BCUT2D eigenvalue weighted by Crippen LogP contribution is 2.42. The van der Waals surface area contributed by atoms with Crippen LogP contribution in [0.4, 0.5) is 5.69 Å². The van der Waals surface area contributed by atoms with E-state index < -0.39 is 10.0 Å². The zero-order valence-electron chi connectivity index (χ0n) is 16.8. The zero-order valence-corrected chi connectivity index (χ0v) is 18.4. The fourth-order valence-corrected chi connectivity index (χ4v) is 5.83. The standard InChI is InChI=1S/C23H22N2O2S2/c1-14-7-5-9-18(11-14)21-17(4)28-23-22(21)20(13-16(3)24-23)25-29(26,27)19-10-6-8-15(2)12-19/h5-13H,1-4H3,(H,24,25). The Bertz CT molecular complexity index is 1340. The van der Waals surface area contributed by atoms with Crippen molar-refractivity contribution in [3.05, 3.63) is 76.3 Å². The number of nitrogens with zero attached hydrogens (tertiary/aromatic N) is 1. The number of anilines is 1. The van der Waals surface area contributed by atoms with Crippen molar-refractivity contribution >= 4 is 37.3 Å². The molecule has 2 aromatic heterocycles. The van der Waals surface area contributed by atoms with Gasteiger partial charge in [-0.05, 0) is 57.0 Å². The summed E-state index contributed by atoms with van der Waals surface area (Å²) in [7, 11) is -3.72. The molecule has 0 aliphatic carbocycles. The maximum atomic E-state index is 13.1. The minimum absolute atomic E-state index is 0.254. The quantitative estimate of drug-likeness (QED) is 0.439. The van der Waals surface area contributed by atoms with Crippen molar-refractivity contribution in [1.82, 2.24) is 4.98 Å². The van der Waals surface area contributed by atoms with Crippen LogP contribution in [0.2, 0.25) is 0 Å². The number of sulfonamides is 1. The molecule has 4 rings (SSSR count). The van der Waals surface area contributed by atoms with E-state index in [0.29, 0.717) is 5.69 Å². The molecule has 0 radical (unpaired) electrons. The van der Waals surface area contributed by atoms with Gasteiger partial charge in [0.15, 0.2) is 0 Å². The first-order valence-corrected chi connectivity index (χ1v) is 11.6. The van der Waals surface area contributed by atoms with Crippen molar-refractivity contribution in [2.75, 3.05) is 4.72 Å². The van der Waals surface area contributed by atoms with E-state index in [9.17, 15) is 8.42 Å². The molecular weight excluding hydrogens is 400 g/mol. The molecule has 29 heavy (non-hydrogen) atoms. The number of aryl methyl sites for hydroxylation is 4. The Labute approximate surface area is 175 Å². The van der Waals surface area contributed by atoms with Crippen molar-refractivity contribution in [3.63, 3.8) is 0 Å². The normalized spacial score (nSPS) is 11.7. The second-order valence-corrected chi connectivity index (χ2v) is 10.2. The van der Waals surface area contributed by atoms with Crippen LogP contribution in [0.5, 0.6) is 0 Å². The molecule has 148 valence electrons. The maximum Gasteiger partial charge on any atom is 0.261 e. The van der Waals surface area contributed by atoms with E-state index in [-0.39, 0.29) is 4.90 Å². The molecule has 2 heterocycles. The minimum atomic E-state index is -3.72. The van der Waals surface area contributed by atoms with Crippen LogP contribution in [0.25, 0.3) is 21.3 Å². The number of rotatable bonds is 4. The first kappa shape index (κ1) is 19.6. The van der Waals surface area contributed by atoms with Gasteiger partial charge in [-0.25, -0.2) is 13.4 Å². The summed E-state index contributed by atoms with van der Waals surface area (Å²) in [6.07, 6.45) is 0. The Morgan fingerprint density at radius 1 is 0.897 bits per heavy atom. The van der Waals surface area contributed by atoms with Crippen LogP contribution >= 0.6 is 11.3 Å². The lowest BCUT2D eigenvalue weighted by atomic mass is 10.0. The Balaban J connectivity index is 1.93. The number of pyridine rings is 1. The lowest BCUT2D eigenvalue weighted by Gasteiger charge is -2.12. The molecule has 1 N–H and O–H groups in total. The van der Waals surface area contributed by atoms with Gasteiger partial charge in [-0.3, -0.25) is 4.72 Å². The molecule has 0 amide bonds. The van der Waals surface area contributed by atoms with Gasteiger partial charge in [-0.15, -0.1) is 11.3 Å². The highest BCUT2D eigenvalue weighted by Gasteiger charge is 2.21. The SMILES string of the molecule is Cc1cccc(-c2c(C)sc3nc(C)cc(NS(=O)(=O)c4cccc(C)c4)c23)c1. The Morgan fingerprint density at radius 3 is 2.28 bits per heavy atom. The van der Waals surface area contributed by atoms with E-state index in [1.54, 1.807) is 35.6 Å². The number of aromatic nitrogens is 1. The molecule has 0 unspecified atom stereocenters. The molecule has 2 aromatic carbocycles. The van der Waals surface area contributed by atoms with Gasteiger partial charge in [0.05, 0.1) is 10.6 Å². The molecule has 0 saturated heterocycles. The molecule has 0 saturated carbocycles. The van der Waals surface area contributed by atoms with Crippen LogP contribution in [0, 0.1) is 27.7 Å². The molecule has 0 aliphatic heterocycles. The van der Waals surface area contributed by atoms with Crippen LogP contribution in [0.15, 0.2) is 59.5 Å². The monoisotopic (exact) mass is 422 g/mol. The van der Waals surface area contributed by atoms with Crippen molar-refractivity contribution in [2.24, 2.45) is 0 Å². The molecule has 0 bridgehead atoms. The number of hydrogen-bond donors (Lipinski definition) is 1. The molecule has 0 spiro atoms. The summed E-state index contributed by atoms with van der Waals surface area (Å²) in [6, 6.07) is 17.0. The van der Waals surface area contributed by atoms with Crippen molar-refractivity contribution in [2.45, 2.75) is 32.6 Å². The molecule has 6 heteroatoms. The first-order valence-electron chi connectivity index (χ1n) is 9.32. The zero-order chi connectivity index (χ0) is 20.8. The third kappa shape index (κ3) is 3.78. The average molecular weight is 423 g/mol. The number of hydrogen-bond acceptors (Lipinski definition) is 4. The van der Waals surface area contributed by atoms with Gasteiger partial charge in [0, 0.05) is 21.5 Å². The summed E-state index contributed by atoms with van der Waals surface area (Å²) in [4.78, 5) is 6.87. The van der Waals surface area contributed by atoms with Crippen LogP contribution in [0.3, 0.4) is 0 Å². The van der Waals surface area contributed by atoms with Gasteiger partial charge in [-0.2, -0.15) is 0 Å². The van der Waals surface area contributed by atoms with Gasteiger partial charge in [0.2, 0.25) is 0 Å². The van der Waals surface area contributed by atoms with Crippen molar-refractivity contribution in [1.29, 1.82) is 0 Å². The summed E-state index contributed by atoms with van der Waals surface area (Å²) in [5, 5.41) is 0.847. The van der Waals surface area contributed by atoms with Crippen LogP contribution in [-0.2, 0) is 10.0 Å². The molecule has 4 nitrogen and oxygen atoms in total. The number of benzene rings is 2. The highest BCUT2D eigenvalue weighted by atomic mass is 32.2. The fraction of sp³-hybridized carbons (Fsp3) is 0.174. The summed E-state index contributed by atoms with van der Waals surface area (Å²) < 4.78 is 29.0. The Kier molecular flexibility index (Phi) is 4.92. The van der Waals surface area contributed by atoms with Gasteiger partial charge >= 0.3 is 0 Å². The molecule has 4 aromatic rings. The Hall–Kier alpha value is -2.70. The molecule has 0 atom stereocenters. The largest absolute Gasteiger partial charge is 0.279 e. The van der Waals surface area contributed by atoms with Gasteiger partial charge in [0.1, 0.15) is 4.83 Å². The topological polar surface area (TPSA) is 59.1 Å².